The van der Waals surface area contributed by atoms with E-state index >= 15 is 0 Å². The highest BCUT2D eigenvalue weighted by atomic mass is 79.9. The largest absolute Gasteiger partial charge is 0.316 e. The van der Waals surface area contributed by atoms with E-state index < -0.39 is 0 Å². The van der Waals surface area contributed by atoms with Gasteiger partial charge in [0.1, 0.15) is 11.0 Å². The molecule has 2 aromatic rings. The van der Waals surface area contributed by atoms with Crippen molar-refractivity contribution >= 4 is 39.1 Å². The van der Waals surface area contributed by atoms with Gasteiger partial charge in [-0.3, -0.25) is 9.10 Å². The first-order chi connectivity index (χ1) is 12.2. The van der Waals surface area contributed by atoms with Gasteiger partial charge in [-0.05, 0) is 40.6 Å². The van der Waals surface area contributed by atoms with Gasteiger partial charge in [0.25, 0.3) is 5.56 Å². The van der Waals surface area contributed by atoms with Crippen molar-refractivity contribution in [3.8, 4) is 11.8 Å². The van der Waals surface area contributed by atoms with E-state index in [2.05, 4.69) is 42.6 Å². The monoisotopic (exact) mass is 416 g/mol. The number of nitrogens with one attached hydrogen (secondary N) is 1. The maximum Gasteiger partial charge on any atom is 0.293 e. The molecule has 2 aliphatic heterocycles. The van der Waals surface area contributed by atoms with E-state index in [1.807, 2.05) is 28.9 Å². The molecule has 0 bridgehead atoms. The molecule has 7 nitrogen and oxygen atoms in total. The molecule has 126 valence electrons. The summed E-state index contributed by atoms with van der Waals surface area (Å²) in [5, 5.41) is 4.26. The van der Waals surface area contributed by atoms with Gasteiger partial charge >= 0.3 is 0 Å². The van der Waals surface area contributed by atoms with Gasteiger partial charge in [-0.15, -0.1) is 5.92 Å². The minimum absolute atomic E-state index is 0.182. The van der Waals surface area contributed by atoms with Crippen LogP contribution in [0, 0.1) is 11.8 Å². The molecule has 2 aliphatic rings. The molecule has 0 aromatic carbocycles. The van der Waals surface area contributed by atoms with Crippen LogP contribution in [0.4, 0.5) is 0 Å². The number of hydrogen-bond acceptors (Lipinski definition) is 6. The molecule has 0 saturated carbocycles. The van der Waals surface area contributed by atoms with E-state index in [-0.39, 0.29) is 5.56 Å². The van der Waals surface area contributed by atoms with Crippen LogP contribution in [0.5, 0.6) is 0 Å². The molecule has 4 rings (SSSR count). The Labute approximate surface area is 156 Å². The lowest BCUT2D eigenvalue weighted by molar-refractivity contribution is 0.635. The van der Waals surface area contributed by atoms with Crippen LogP contribution >= 0.6 is 28.1 Å². The van der Waals surface area contributed by atoms with E-state index in [0.29, 0.717) is 28.9 Å². The Kier molecular flexibility index (Phi) is 4.15. The highest BCUT2D eigenvalue weighted by Crippen LogP contribution is 2.27. The summed E-state index contributed by atoms with van der Waals surface area (Å²) in [5.41, 5.74) is 2.92. The number of allylic oxidation sites excluding steroid dienone is 3. The second-order valence-corrected chi connectivity index (χ2v) is 6.90. The van der Waals surface area contributed by atoms with Crippen LogP contribution in [0.3, 0.4) is 0 Å². The van der Waals surface area contributed by atoms with Crippen LogP contribution in [0.1, 0.15) is 6.92 Å². The van der Waals surface area contributed by atoms with Gasteiger partial charge in [0.15, 0.2) is 4.73 Å². The Balaban J connectivity index is 1.73. The first-order valence-electron chi connectivity index (χ1n) is 7.49. The summed E-state index contributed by atoms with van der Waals surface area (Å²) >= 11 is 4.89. The van der Waals surface area contributed by atoms with Crippen molar-refractivity contribution in [2.24, 2.45) is 0 Å². The Bertz CT molecular complexity index is 1070. The summed E-state index contributed by atoms with van der Waals surface area (Å²) in [6.07, 6.45) is 9.51. The number of hydrogen-bond donors (Lipinski definition) is 1. The van der Waals surface area contributed by atoms with Crippen LogP contribution in [0.15, 0.2) is 51.5 Å². The second-order valence-electron chi connectivity index (χ2n) is 5.37. The van der Waals surface area contributed by atoms with Gasteiger partial charge in [0, 0.05) is 12.4 Å². The third-order valence-corrected chi connectivity index (χ3v) is 5.18. The predicted octanol–water partition coefficient (Wildman–Crippen LogP) is 2.14. The average Bonchev–Trinajstić information content (AvgIpc) is 3.19. The highest BCUT2D eigenvalue weighted by Gasteiger charge is 2.18. The minimum Gasteiger partial charge on any atom is -0.316 e. The zero-order valence-corrected chi connectivity index (χ0v) is 15.6. The molecule has 0 atom stereocenters. The summed E-state index contributed by atoms with van der Waals surface area (Å²) in [6.45, 7) is 2.56. The highest BCUT2D eigenvalue weighted by molar-refractivity contribution is 9.10. The van der Waals surface area contributed by atoms with Crippen molar-refractivity contribution in [1.82, 2.24) is 28.4 Å². The molecule has 9 heteroatoms. The van der Waals surface area contributed by atoms with Crippen molar-refractivity contribution < 1.29 is 0 Å². The number of halogens is 1. The molecule has 0 saturated heterocycles. The smallest absolute Gasteiger partial charge is 0.293 e. The lowest BCUT2D eigenvalue weighted by Gasteiger charge is -2.17. The number of fused-ring (bicyclic) bond motifs is 2. The summed E-state index contributed by atoms with van der Waals surface area (Å²) < 4.78 is 8.89. The van der Waals surface area contributed by atoms with Crippen LogP contribution < -0.4 is 10.3 Å². The van der Waals surface area contributed by atoms with Crippen molar-refractivity contribution in [2.75, 3.05) is 0 Å². The number of imidazole rings is 1. The van der Waals surface area contributed by atoms with Gasteiger partial charge in [0.2, 0.25) is 0 Å². The van der Waals surface area contributed by atoms with Crippen LogP contribution in [0.2, 0.25) is 0 Å². The van der Waals surface area contributed by atoms with Gasteiger partial charge in [-0.25, -0.2) is 9.67 Å². The van der Waals surface area contributed by atoms with Crippen molar-refractivity contribution in [1.29, 1.82) is 0 Å². The first kappa shape index (κ1) is 16.1. The van der Waals surface area contributed by atoms with E-state index in [9.17, 15) is 4.79 Å². The quantitative estimate of drug-likeness (QED) is 0.610. The van der Waals surface area contributed by atoms with Crippen LogP contribution in [0.25, 0.3) is 11.0 Å². The Morgan fingerprint density at radius 1 is 1.44 bits per heavy atom. The normalized spacial score (nSPS) is 15.4. The zero-order chi connectivity index (χ0) is 17.4. The van der Waals surface area contributed by atoms with Gasteiger partial charge in [-0.2, -0.15) is 5.10 Å². The van der Waals surface area contributed by atoms with Crippen molar-refractivity contribution in [3.63, 3.8) is 0 Å². The fourth-order valence-corrected chi connectivity index (χ4v) is 3.74. The Morgan fingerprint density at radius 3 is 3.16 bits per heavy atom. The average molecular weight is 417 g/mol. The van der Waals surface area contributed by atoms with Crippen molar-refractivity contribution in [3.05, 3.63) is 57.1 Å². The fourth-order valence-electron chi connectivity index (χ4n) is 2.63. The summed E-state index contributed by atoms with van der Waals surface area (Å²) in [4.78, 5) is 17.2. The molecule has 0 unspecified atom stereocenters. The van der Waals surface area contributed by atoms with E-state index in [1.54, 1.807) is 17.7 Å². The van der Waals surface area contributed by atoms with E-state index in [0.717, 1.165) is 11.3 Å². The van der Waals surface area contributed by atoms with Gasteiger partial charge in [-0.1, -0.05) is 5.92 Å². The molecular formula is C16H13BrN6OS. The SMILES string of the molecule is CC#CCn1c(Br)nc2cnn(CC3=CC4=CNSN4C=C3)c(=O)c21. The number of rotatable bonds is 3. The molecular weight excluding hydrogens is 404 g/mol. The predicted molar refractivity (Wildman–Crippen MR) is 101 cm³/mol. The summed E-state index contributed by atoms with van der Waals surface area (Å²) in [7, 11) is 0. The summed E-state index contributed by atoms with van der Waals surface area (Å²) in [6, 6.07) is 0. The molecule has 25 heavy (non-hydrogen) atoms. The van der Waals surface area contributed by atoms with E-state index in [1.165, 1.54) is 16.8 Å². The lowest BCUT2D eigenvalue weighted by Crippen LogP contribution is -2.25. The maximum absolute atomic E-state index is 12.9. The maximum atomic E-state index is 12.9. The van der Waals surface area contributed by atoms with Crippen LogP contribution in [-0.2, 0) is 13.1 Å². The molecule has 4 heterocycles. The van der Waals surface area contributed by atoms with Crippen molar-refractivity contribution in [2.45, 2.75) is 20.0 Å². The summed E-state index contributed by atoms with van der Waals surface area (Å²) in [5.74, 6) is 5.80. The molecule has 0 spiro atoms. The molecule has 1 N–H and O–H groups in total. The number of nitrogens with zero attached hydrogens (tertiary/aromatic N) is 5. The Morgan fingerprint density at radius 2 is 2.32 bits per heavy atom. The second kappa shape index (κ2) is 6.46. The minimum atomic E-state index is -0.182. The Hall–Kier alpha value is -2.44. The topological polar surface area (TPSA) is 68.0 Å². The standard InChI is InChI=1S/C16H13BrN6OS/c1-2-3-5-21-14-13(20-16(21)17)9-18-22(15(14)24)10-11-4-6-23-12(7-11)8-19-25-23/h4,6-9,19H,5,10H2,1H3. The van der Waals surface area contributed by atoms with Gasteiger partial charge in [0.05, 0.1) is 37.1 Å². The molecule has 2 aromatic heterocycles. The molecule has 0 aliphatic carbocycles. The first-order valence-corrected chi connectivity index (χ1v) is 9.06. The molecule has 0 amide bonds. The van der Waals surface area contributed by atoms with Crippen LogP contribution in [-0.4, -0.2) is 23.6 Å². The van der Waals surface area contributed by atoms with E-state index in [4.69, 9.17) is 0 Å². The molecule has 0 radical (unpaired) electrons. The third kappa shape index (κ3) is 2.88. The molecule has 0 fully saturated rings. The fraction of sp³-hybridized carbons (Fsp3) is 0.188. The van der Waals surface area contributed by atoms with Gasteiger partial charge < -0.3 is 9.29 Å². The lowest BCUT2D eigenvalue weighted by atomic mass is 10.2. The third-order valence-electron chi connectivity index (χ3n) is 3.82. The zero-order valence-electron chi connectivity index (χ0n) is 13.2. The number of aromatic nitrogens is 4.